The SMILES string of the molecule is Cc1ccc(Nc2nncc(N(C)C3CCS(=O)(=O)C3)n2)c(C)c1. The molecule has 3 rings (SSSR count). The van der Waals surface area contributed by atoms with Gasteiger partial charge < -0.3 is 10.2 Å². The number of sulfone groups is 1. The molecule has 2 aromatic rings. The summed E-state index contributed by atoms with van der Waals surface area (Å²) in [7, 11) is -1.09. The predicted octanol–water partition coefficient (Wildman–Crippen LogP) is 1.86. The first-order valence-corrected chi connectivity index (χ1v) is 9.63. The maximum absolute atomic E-state index is 11.7. The van der Waals surface area contributed by atoms with Crippen molar-refractivity contribution in [3.8, 4) is 0 Å². The van der Waals surface area contributed by atoms with E-state index in [1.165, 1.54) is 5.56 Å². The van der Waals surface area contributed by atoms with E-state index in [1.807, 2.05) is 37.9 Å². The van der Waals surface area contributed by atoms with Gasteiger partial charge in [-0.2, -0.15) is 10.1 Å². The zero-order chi connectivity index (χ0) is 17.3. The van der Waals surface area contributed by atoms with Gasteiger partial charge in [-0.15, -0.1) is 5.10 Å². The molecule has 0 spiro atoms. The summed E-state index contributed by atoms with van der Waals surface area (Å²) in [6.07, 6.45) is 2.17. The van der Waals surface area contributed by atoms with Crippen molar-refractivity contribution in [2.24, 2.45) is 0 Å². The predicted molar refractivity (Wildman–Crippen MR) is 94.5 cm³/mol. The van der Waals surface area contributed by atoms with Crippen LogP contribution < -0.4 is 10.2 Å². The van der Waals surface area contributed by atoms with Gasteiger partial charge in [0.25, 0.3) is 0 Å². The first kappa shape index (κ1) is 16.6. The van der Waals surface area contributed by atoms with E-state index < -0.39 is 9.84 Å². The summed E-state index contributed by atoms with van der Waals surface area (Å²) < 4.78 is 23.3. The summed E-state index contributed by atoms with van der Waals surface area (Å²) >= 11 is 0. The van der Waals surface area contributed by atoms with Crippen molar-refractivity contribution < 1.29 is 8.42 Å². The molecule has 1 aliphatic rings. The molecule has 1 aromatic heterocycles. The zero-order valence-corrected chi connectivity index (χ0v) is 14.8. The molecular weight excluding hydrogens is 326 g/mol. The molecule has 0 radical (unpaired) electrons. The highest BCUT2D eigenvalue weighted by Gasteiger charge is 2.31. The van der Waals surface area contributed by atoms with Crippen LogP contribution in [-0.4, -0.2) is 48.2 Å². The Bertz CT molecular complexity index is 853. The molecule has 0 bridgehead atoms. The third-order valence-corrected chi connectivity index (χ3v) is 6.04. The van der Waals surface area contributed by atoms with Gasteiger partial charge in [-0.05, 0) is 31.9 Å². The van der Waals surface area contributed by atoms with Crippen LogP contribution in [0.3, 0.4) is 0 Å². The van der Waals surface area contributed by atoms with Gasteiger partial charge in [0.2, 0.25) is 5.95 Å². The van der Waals surface area contributed by atoms with Gasteiger partial charge in [0.05, 0.1) is 17.7 Å². The minimum atomic E-state index is -2.94. The first-order chi connectivity index (χ1) is 11.3. The van der Waals surface area contributed by atoms with Crippen LogP contribution >= 0.6 is 0 Å². The number of nitrogens with one attached hydrogen (secondary N) is 1. The van der Waals surface area contributed by atoms with E-state index in [2.05, 4.69) is 26.6 Å². The van der Waals surface area contributed by atoms with Crippen molar-refractivity contribution >= 4 is 27.3 Å². The summed E-state index contributed by atoms with van der Waals surface area (Å²) in [6, 6.07) is 6.01. The summed E-state index contributed by atoms with van der Waals surface area (Å²) in [5, 5.41) is 11.2. The summed E-state index contributed by atoms with van der Waals surface area (Å²) in [5.74, 6) is 1.40. The zero-order valence-electron chi connectivity index (χ0n) is 14.0. The van der Waals surface area contributed by atoms with Gasteiger partial charge >= 0.3 is 0 Å². The molecule has 0 amide bonds. The molecule has 1 fully saturated rings. The molecule has 0 aliphatic carbocycles. The van der Waals surface area contributed by atoms with Crippen molar-refractivity contribution in [1.29, 1.82) is 0 Å². The van der Waals surface area contributed by atoms with Gasteiger partial charge in [0.15, 0.2) is 15.7 Å². The minimum absolute atomic E-state index is 0.0688. The van der Waals surface area contributed by atoms with E-state index in [9.17, 15) is 8.42 Å². The third kappa shape index (κ3) is 3.64. The lowest BCUT2D eigenvalue weighted by Gasteiger charge is -2.24. The maximum atomic E-state index is 11.7. The number of rotatable bonds is 4. The molecule has 1 aromatic carbocycles. The lowest BCUT2D eigenvalue weighted by Crippen LogP contribution is -2.33. The fraction of sp³-hybridized carbons (Fsp3) is 0.438. The average molecular weight is 347 g/mol. The Kier molecular flexibility index (Phi) is 4.40. The second-order valence-corrected chi connectivity index (χ2v) is 8.48. The molecule has 0 saturated carbocycles. The van der Waals surface area contributed by atoms with Crippen molar-refractivity contribution in [2.45, 2.75) is 26.3 Å². The molecule has 8 heteroatoms. The highest BCUT2D eigenvalue weighted by Crippen LogP contribution is 2.23. The highest BCUT2D eigenvalue weighted by molar-refractivity contribution is 7.91. The van der Waals surface area contributed by atoms with E-state index in [0.717, 1.165) is 11.3 Å². The van der Waals surface area contributed by atoms with E-state index in [0.29, 0.717) is 18.2 Å². The number of hydrogen-bond donors (Lipinski definition) is 1. The molecule has 7 nitrogen and oxygen atoms in total. The fourth-order valence-electron chi connectivity index (χ4n) is 2.86. The van der Waals surface area contributed by atoms with Crippen molar-refractivity contribution in [3.63, 3.8) is 0 Å². The van der Waals surface area contributed by atoms with Crippen molar-refractivity contribution in [2.75, 3.05) is 28.8 Å². The Morgan fingerprint density at radius 1 is 1.29 bits per heavy atom. The van der Waals surface area contributed by atoms with Crippen LogP contribution in [0.1, 0.15) is 17.5 Å². The monoisotopic (exact) mass is 347 g/mol. The normalized spacial score (nSPS) is 19.2. The Labute approximate surface area is 142 Å². The van der Waals surface area contributed by atoms with Crippen LogP contribution in [0.25, 0.3) is 0 Å². The summed E-state index contributed by atoms with van der Waals surface area (Å²) in [4.78, 5) is 6.34. The van der Waals surface area contributed by atoms with Crippen LogP contribution in [0.5, 0.6) is 0 Å². The largest absolute Gasteiger partial charge is 0.354 e. The number of nitrogens with zero attached hydrogens (tertiary/aromatic N) is 4. The molecule has 2 heterocycles. The Balaban J connectivity index is 1.79. The molecule has 1 saturated heterocycles. The van der Waals surface area contributed by atoms with Gasteiger partial charge in [0, 0.05) is 18.8 Å². The number of aryl methyl sites for hydroxylation is 2. The molecule has 1 aliphatic heterocycles. The number of benzene rings is 1. The number of hydrogen-bond acceptors (Lipinski definition) is 7. The lowest BCUT2D eigenvalue weighted by atomic mass is 10.1. The summed E-state index contributed by atoms with van der Waals surface area (Å²) in [6.45, 7) is 4.06. The number of aromatic nitrogens is 3. The van der Waals surface area contributed by atoms with E-state index >= 15 is 0 Å². The molecule has 1 N–H and O–H groups in total. The van der Waals surface area contributed by atoms with Gasteiger partial charge in [-0.1, -0.05) is 17.7 Å². The fourth-order valence-corrected chi connectivity index (χ4v) is 4.63. The van der Waals surface area contributed by atoms with Gasteiger partial charge in [0.1, 0.15) is 0 Å². The second-order valence-electron chi connectivity index (χ2n) is 6.25. The molecule has 128 valence electrons. The topological polar surface area (TPSA) is 88.1 Å². The maximum Gasteiger partial charge on any atom is 0.249 e. The van der Waals surface area contributed by atoms with Gasteiger partial charge in [-0.25, -0.2) is 8.42 Å². The van der Waals surface area contributed by atoms with E-state index in [1.54, 1.807) is 6.20 Å². The standard InChI is InChI=1S/C16H21N5O2S/c1-11-4-5-14(12(2)8-11)18-16-19-15(9-17-20-16)21(3)13-6-7-24(22,23)10-13/h4-5,8-9,13H,6-7,10H2,1-3H3,(H,18,19,20). The highest BCUT2D eigenvalue weighted by atomic mass is 32.2. The lowest BCUT2D eigenvalue weighted by molar-refractivity contribution is 0.600. The van der Waals surface area contributed by atoms with Crippen LogP contribution in [0.4, 0.5) is 17.5 Å². The molecule has 24 heavy (non-hydrogen) atoms. The Hall–Kier alpha value is -2.22. The van der Waals surface area contributed by atoms with E-state index in [4.69, 9.17) is 0 Å². The van der Waals surface area contributed by atoms with Crippen LogP contribution in [0.2, 0.25) is 0 Å². The van der Waals surface area contributed by atoms with Crippen molar-refractivity contribution in [3.05, 3.63) is 35.5 Å². The molecule has 1 unspecified atom stereocenters. The van der Waals surface area contributed by atoms with Crippen LogP contribution in [0.15, 0.2) is 24.4 Å². The minimum Gasteiger partial charge on any atom is -0.354 e. The molecule has 1 atom stereocenters. The van der Waals surface area contributed by atoms with Crippen LogP contribution in [0, 0.1) is 13.8 Å². The van der Waals surface area contributed by atoms with E-state index in [-0.39, 0.29) is 17.5 Å². The first-order valence-electron chi connectivity index (χ1n) is 7.81. The smallest absolute Gasteiger partial charge is 0.249 e. The number of anilines is 3. The second kappa shape index (κ2) is 6.35. The van der Waals surface area contributed by atoms with Crippen molar-refractivity contribution in [1.82, 2.24) is 15.2 Å². The molecular formula is C16H21N5O2S. The Morgan fingerprint density at radius 3 is 2.75 bits per heavy atom. The van der Waals surface area contributed by atoms with Crippen LogP contribution in [-0.2, 0) is 9.84 Å². The third-order valence-electron chi connectivity index (χ3n) is 4.29. The van der Waals surface area contributed by atoms with Gasteiger partial charge in [-0.3, -0.25) is 0 Å². The summed E-state index contributed by atoms with van der Waals surface area (Å²) in [5.41, 5.74) is 3.21. The average Bonchev–Trinajstić information content (AvgIpc) is 2.90. The Morgan fingerprint density at radius 2 is 2.08 bits per heavy atom. The quantitative estimate of drug-likeness (QED) is 0.903.